The highest BCUT2D eigenvalue weighted by Gasteiger charge is 2.30. The Morgan fingerprint density at radius 2 is 1.73 bits per heavy atom. The van der Waals surface area contributed by atoms with Crippen LogP contribution in [0.1, 0.15) is 44.4 Å². The molecule has 0 spiro atoms. The number of carboxylic acid groups (broad SMARTS) is 1. The lowest BCUT2D eigenvalue weighted by molar-refractivity contribution is -0.147. The second-order valence-electron chi connectivity index (χ2n) is 5.57. The van der Waals surface area contributed by atoms with E-state index in [9.17, 15) is 24.9 Å². The number of hydrogen-bond donors (Lipinski definition) is 3. The molecule has 122 valence electrons. The maximum absolute atomic E-state index is 11.3. The number of esters is 1. The van der Waals surface area contributed by atoms with Crippen LogP contribution in [0, 0.1) is 0 Å². The first-order valence-electron chi connectivity index (χ1n) is 7.05. The number of hydrogen-bond acceptors (Lipinski definition) is 5. The molecule has 6 heteroatoms. The quantitative estimate of drug-likeness (QED) is 0.658. The summed E-state index contributed by atoms with van der Waals surface area (Å²) in [6.45, 7) is 5.02. The Balaban J connectivity index is 2.81. The summed E-state index contributed by atoms with van der Waals surface area (Å²) in [4.78, 5) is 22.5. The van der Waals surface area contributed by atoms with Gasteiger partial charge in [-0.15, -0.1) is 0 Å². The first kappa shape index (κ1) is 18.1. The second kappa shape index (κ2) is 7.38. The fourth-order valence-corrected chi connectivity index (χ4v) is 1.94. The molecule has 0 saturated heterocycles. The number of aliphatic hydroxyl groups excluding tert-OH is 2. The summed E-state index contributed by atoms with van der Waals surface area (Å²) in [5.41, 5.74) is -0.0647. The number of aliphatic carboxylic acids is 1. The maximum atomic E-state index is 11.3. The molecule has 0 aliphatic heterocycles. The Labute approximate surface area is 129 Å². The largest absolute Gasteiger partial charge is 0.481 e. The van der Waals surface area contributed by atoms with Crippen LogP contribution in [0.3, 0.4) is 0 Å². The van der Waals surface area contributed by atoms with E-state index in [4.69, 9.17) is 4.74 Å². The lowest BCUT2D eigenvalue weighted by Crippen LogP contribution is -2.28. The predicted octanol–water partition coefficient (Wildman–Crippen LogP) is 1.40. The molecule has 6 nitrogen and oxygen atoms in total. The average molecular weight is 310 g/mol. The molecule has 0 saturated carbocycles. The van der Waals surface area contributed by atoms with Crippen LogP contribution in [-0.2, 0) is 19.7 Å². The smallest absolute Gasteiger partial charge is 0.313 e. The molecule has 3 N–H and O–H groups in total. The molecule has 2 unspecified atom stereocenters. The third-order valence-electron chi connectivity index (χ3n) is 3.55. The van der Waals surface area contributed by atoms with Crippen molar-refractivity contribution in [1.29, 1.82) is 0 Å². The second-order valence-corrected chi connectivity index (χ2v) is 5.57. The zero-order valence-corrected chi connectivity index (χ0v) is 12.9. The van der Waals surface area contributed by atoms with Gasteiger partial charge in [0.05, 0.1) is 24.5 Å². The van der Waals surface area contributed by atoms with Gasteiger partial charge < -0.3 is 20.1 Å². The first-order valence-corrected chi connectivity index (χ1v) is 7.05. The Morgan fingerprint density at radius 3 is 2.18 bits per heavy atom. The number of carboxylic acids is 1. The van der Waals surface area contributed by atoms with Crippen LogP contribution in [0.15, 0.2) is 24.3 Å². The van der Waals surface area contributed by atoms with E-state index in [1.54, 1.807) is 45.0 Å². The van der Waals surface area contributed by atoms with Gasteiger partial charge in [0.15, 0.2) is 0 Å². The van der Waals surface area contributed by atoms with Gasteiger partial charge >= 0.3 is 11.9 Å². The SMILES string of the molecule is CCOC(=O)CC(O)C(O)c1ccc(C(C)(C)C(=O)O)cc1. The van der Waals surface area contributed by atoms with E-state index < -0.39 is 29.6 Å². The van der Waals surface area contributed by atoms with Gasteiger partial charge in [-0.25, -0.2) is 0 Å². The highest BCUT2D eigenvalue weighted by molar-refractivity contribution is 5.80. The van der Waals surface area contributed by atoms with Crippen molar-refractivity contribution in [2.75, 3.05) is 6.61 Å². The van der Waals surface area contributed by atoms with Crippen molar-refractivity contribution in [2.24, 2.45) is 0 Å². The normalized spacial score (nSPS) is 14.2. The summed E-state index contributed by atoms with van der Waals surface area (Å²) in [6, 6.07) is 6.26. The molecule has 0 bridgehead atoms. The molecular weight excluding hydrogens is 288 g/mol. The molecular formula is C16H22O6. The lowest BCUT2D eigenvalue weighted by Gasteiger charge is -2.21. The van der Waals surface area contributed by atoms with E-state index in [-0.39, 0.29) is 13.0 Å². The minimum atomic E-state index is -1.28. The Hall–Kier alpha value is -1.92. The zero-order chi connectivity index (χ0) is 16.9. The Bertz CT molecular complexity index is 520. The molecule has 0 amide bonds. The van der Waals surface area contributed by atoms with Crippen molar-refractivity contribution in [3.8, 4) is 0 Å². The van der Waals surface area contributed by atoms with Crippen LogP contribution < -0.4 is 0 Å². The number of benzene rings is 1. The third kappa shape index (κ3) is 4.29. The Morgan fingerprint density at radius 1 is 1.18 bits per heavy atom. The monoisotopic (exact) mass is 310 g/mol. The first-order chi connectivity index (χ1) is 10.2. The molecule has 2 atom stereocenters. The molecule has 0 aliphatic rings. The van der Waals surface area contributed by atoms with Gasteiger partial charge in [0.25, 0.3) is 0 Å². The van der Waals surface area contributed by atoms with E-state index in [1.807, 2.05) is 0 Å². The van der Waals surface area contributed by atoms with E-state index in [1.165, 1.54) is 0 Å². The van der Waals surface area contributed by atoms with Crippen molar-refractivity contribution in [2.45, 2.75) is 44.8 Å². The summed E-state index contributed by atoms with van der Waals surface area (Å²) in [5.74, 6) is -1.54. The summed E-state index contributed by atoms with van der Waals surface area (Å²) >= 11 is 0. The van der Waals surface area contributed by atoms with Crippen molar-refractivity contribution < 1.29 is 29.6 Å². The van der Waals surface area contributed by atoms with Crippen LogP contribution in [0.4, 0.5) is 0 Å². The van der Waals surface area contributed by atoms with Crippen molar-refractivity contribution >= 4 is 11.9 Å². The molecule has 1 rings (SSSR count). The van der Waals surface area contributed by atoms with Crippen molar-refractivity contribution in [3.05, 3.63) is 35.4 Å². The van der Waals surface area contributed by atoms with Crippen molar-refractivity contribution in [3.63, 3.8) is 0 Å². The molecule has 22 heavy (non-hydrogen) atoms. The van der Waals surface area contributed by atoms with Gasteiger partial charge in [-0.05, 0) is 31.9 Å². The molecule has 0 aromatic heterocycles. The summed E-state index contributed by atoms with van der Waals surface area (Å²) in [5, 5.41) is 29.0. The Kier molecular flexibility index (Phi) is 6.08. The molecule has 0 aliphatic carbocycles. The minimum absolute atomic E-state index is 0.209. The predicted molar refractivity (Wildman–Crippen MR) is 79.3 cm³/mol. The van der Waals surface area contributed by atoms with Crippen LogP contribution in [0.5, 0.6) is 0 Å². The van der Waals surface area contributed by atoms with E-state index in [2.05, 4.69) is 0 Å². The fourth-order valence-electron chi connectivity index (χ4n) is 1.94. The molecule has 0 heterocycles. The van der Waals surface area contributed by atoms with Gasteiger partial charge in [0.1, 0.15) is 6.10 Å². The van der Waals surface area contributed by atoms with E-state index in [0.717, 1.165) is 0 Å². The third-order valence-corrected chi connectivity index (χ3v) is 3.55. The number of carbonyl (C=O) groups is 2. The summed E-state index contributed by atoms with van der Waals surface area (Å²) < 4.78 is 4.71. The van der Waals surface area contributed by atoms with Crippen LogP contribution in [0.25, 0.3) is 0 Å². The highest BCUT2D eigenvalue weighted by atomic mass is 16.5. The van der Waals surface area contributed by atoms with Gasteiger partial charge in [-0.1, -0.05) is 24.3 Å². The average Bonchev–Trinajstić information content (AvgIpc) is 2.46. The van der Waals surface area contributed by atoms with Crippen LogP contribution in [-0.4, -0.2) is 40.0 Å². The fraction of sp³-hybridized carbons (Fsp3) is 0.500. The number of aliphatic hydroxyl groups is 2. The van der Waals surface area contributed by atoms with E-state index in [0.29, 0.717) is 11.1 Å². The van der Waals surface area contributed by atoms with E-state index >= 15 is 0 Å². The zero-order valence-electron chi connectivity index (χ0n) is 12.9. The number of rotatable bonds is 7. The van der Waals surface area contributed by atoms with Gasteiger partial charge in [-0.3, -0.25) is 9.59 Å². The maximum Gasteiger partial charge on any atom is 0.313 e. The highest BCUT2D eigenvalue weighted by Crippen LogP contribution is 2.26. The van der Waals surface area contributed by atoms with Gasteiger partial charge in [0.2, 0.25) is 0 Å². The molecule has 0 fully saturated rings. The number of carbonyl (C=O) groups excluding carboxylic acids is 1. The van der Waals surface area contributed by atoms with Crippen LogP contribution in [0.2, 0.25) is 0 Å². The molecule has 1 aromatic carbocycles. The number of ether oxygens (including phenoxy) is 1. The topological polar surface area (TPSA) is 104 Å². The molecule has 0 radical (unpaired) electrons. The lowest BCUT2D eigenvalue weighted by atomic mass is 9.84. The minimum Gasteiger partial charge on any atom is -0.481 e. The summed E-state index contributed by atoms with van der Waals surface area (Å²) in [6.07, 6.45) is -2.83. The summed E-state index contributed by atoms with van der Waals surface area (Å²) in [7, 11) is 0. The van der Waals surface area contributed by atoms with Gasteiger partial charge in [0, 0.05) is 0 Å². The standard InChI is InChI=1S/C16H22O6/c1-4-22-13(18)9-12(17)14(19)10-5-7-11(8-6-10)16(2,3)15(20)21/h5-8,12,14,17,19H,4,9H2,1-3H3,(H,20,21). The van der Waals surface area contributed by atoms with Crippen molar-refractivity contribution in [1.82, 2.24) is 0 Å². The van der Waals surface area contributed by atoms with Gasteiger partial charge in [-0.2, -0.15) is 0 Å². The molecule has 1 aromatic rings. The van der Waals surface area contributed by atoms with Crippen LogP contribution >= 0.6 is 0 Å².